The van der Waals surface area contributed by atoms with Crippen molar-refractivity contribution in [2.24, 2.45) is 0 Å². The lowest BCUT2D eigenvalue weighted by Gasteiger charge is -2.18. The molecule has 396 valence electrons. The predicted molar refractivity (Wildman–Crippen MR) is 319 cm³/mol. The van der Waals surface area contributed by atoms with E-state index in [4.69, 9.17) is 14.2 Å². The summed E-state index contributed by atoms with van der Waals surface area (Å²) < 4.78 is 18.5. The molecule has 0 atom stereocenters. The lowest BCUT2D eigenvalue weighted by atomic mass is 9.87. The average molecular weight is 980 g/mol. The summed E-state index contributed by atoms with van der Waals surface area (Å²) in [6.45, 7) is 16.0. The molecule has 0 N–H and O–H groups in total. The third-order valence-electron chi connectivity index (χ3n) is 14.7. The molecule has 0 heterocycles. The van der Waals surface area contributed by atoms with E-state index >= 15 is 0 Å². The summed E-state index contributed by atoms with van der Waals surface area (Å²) in [5.41, 5.74) is 11.1. The summed E-state index contributed by atoms with van der Waals surface area (Å²) in [4.78, 5) is 0. The molecule has 3 heteroatoms. The fourth-order valence-corrected chi connectivity index (χ4v) is 9.93. The molecule has 4 aromatic carbocycles. The zero-order chi connectivity index (χ0) is 51.1. The van der Waals surface area contributed by atoms with E-state index < -0.39 is 0 Å². The van der Waals surface area contributed by atoms with Crippen LogP contribution in [0.3, 0.4) is 0 Å². The highest BCUT2D eigenvalue weighted by molar-refractivity contribution is 5.85. The Morgan fingerprint density at radius 1 is 0.250 bits per heavy atom. The van der Waals surface area contributed by atoms with Gasteiger partial charge in [0.1, 0.15) is 17.2 Å². The van der Waals surface area contributed by atoms with Crippen LogP contribution >= 0.6 is 0 Å². The molecule has 0 amide bonds. The zero-order valence-electron chi connectivity index (χ0n) is 47.0. The molecule has 0 saturated carbocycles. The van der Waals surface area contributed by atoms with Gasteiger partial charge in [0.25, 0.3) is 0 Å². The monoisotopic (exact) mass is 979 g/mol. The van der Waals surface area contributed by atoms with E-state index in [0.717, 1.165) is 56.3 Å². The van der Waals surface area contributed by atoms with Crippen LogP contribution < -0.4 is 14.2 Å². The average Bonchev–Trinajstić information content (AvgIpc) is 3.39. The fourth-order valence-electron chi connectivity index (χ4n) is 9.93. The summed E-state index contributed by atoms with van der Waals surface area (Å²) >= 11 is 0. The van der Waals surface area contributed by atoms with E-state index in [1.165, 1.54) is 223 Å². The molecule has 0 unspecified atom stereocenters. The third kappa shape index (κ3) is 25.4. The second kappa shape index (κ2) is 39.0. The molecule has 0 bridgehead atoms. The summed E-state index contributed by atoms with van der Waals surface area (Å²) in [7, 11) is 0. The molecule has 0 aliphatic heterocycles. The van der Waals surface area contributed by atoms with Gasteiger partial charge >= 0.3 is 0 Å². The molecule has 72 heavy (non-hydrogen) atoms. The Morgan fingerprint density at radius 2 is 0.444 bits per heavy atom. The molecule has 0 fully saturated rings. The molecule has 0 saturated heterocycles. The zero-order valence-corrected chi connectivity index (χ0v) is 47.0. The highest BCUT2D eigenvalue weighted by Crippen LogP contribution is 2.32. The quantitative estimate of drug-likeness (QED) is 0.0327. The van der Waals surface area contributed by atoms with E-state index in [1.807, 2.05) is 0 Å². The smallest absolute Gasteiger partial charge is 0.119 e. The van der Waals surface area contributed by atoms with Crippen LogP contribution in [0.25, 0.3) is 36.5 Å². The Bertz CT molecular complexity index is 1790. The molecular formula is C69H102O3. The van der Waals surface area contributed by atoms with Crippen LogP contribution in [0.2, 0.25) is 0 Å². The first kappa shape index (κ1) is 60.1. The minimum absolute atomic E-state index is 0.786. The standard InChI is InChI=1S/C69H102O3/c1-7-10-13-16-19-22-25-28-31-34-55-70-64-46-37-61(38-47-64)43-52-67-58(4)68(53-44-62-39-48-65(49-40-62)71-56-35-32-29-26-23-20-17-14-11-8-2)60(6)69(59(67)5)54-45-63-41-50-66(51-42-63)72-57-36-33-30-27-24-21-18-15-12-9-3/h37-54H,7-36,55-57H2,1-6H3/b52-43+,53-44+,54-45+. The van der Waals surface area contributed by atoms with Crippen molar-refractivity contribution in [2.45, 2.75) is 234 Å². The first-order chi connectivity index (χ1) is 35.4. The molecular weight excluding hydrogens is 877 g/mol. The van der Waals surface area contributed by atoms with Crippen LogP contribution in [0.5, 0.6) is 17.2 Å². The Kier molecular flexibility index (Phi) is 32.6. The Balaban J connectivity index is 1.38. The van der Waals surface area contributed by atoms with Crippen LogP contribution in [0.1, 0.15) is 263 Å². The van der Waals surface area contributed by atoms with Gasteiger partial charge in [-0.1, -0.05) is 267 Å². The molecule has 4 aromatic rings. The number of unbranched alkanes of at least 4 members (excludes halogenated alkanes) is 27. The van der Waals surface area contributed by atoms with Gasteiger partial charge in [-0.2, -0.15) is 0 Å². The topological polar surface area (TPSA) is 27.7 Å². The molecule has 0 aliphatic rings. The van der Waals surface area contributed by atoms with E-state index in [0.29, 0.717) is 0 Å². The first-order valence-corrected chi connectivity index (χ1v) is 29.8. The fraction of sp³-hybridized carbons (Fsp3) is 0.565. The summed E-state index contributed by atoms with van der Waals surface area (Å²) in [5.74, 6) is 2.86. The van der Waals surface area contributed by atoms with Crippen LogP contribution in [0.15, 0.2) is 72.8 Å². The number of benzene rings is 4. The second-order valence-corrected chi connectivity index (χ2v) is 20.9. The molecule has 0 aromatic heterocycles. The highest BCUT2D eigenvalue weighted by atomic mass is 16.5. The minimum Gasteiger partial charge on any atom is -0.494 e. The van der Waals surface area contributed by atoms with Crippen molar-refractivity contribution in [1.29, 1.82) is 0 Å². The van der Waals surface area contributed by atoms with Gasteiger partial charge in [-0.05, 0) is 127 Å². The Morgan fingerprint density at radius 3 is 0.653 bits per heavy atom. The normalized spacial score (nSPS) is 11.8. The number of ether oxygens (including phenoxy) is 3. The second-order valence-electron chi connectivity index (χ2n) is 20.9. The van der Waals surface area contributed by atoms with Gasteiger partial charge in [-0.3, -0.25) is 0 Å². The van der Waals surface area contributed by atoms with E-state index in [9.17, 15) is 0 Å². The summed E-state index contributed by atoms with van der Waals surface area (Å²) in [6.07, 6.45) is 53.7. The highest BCUT2D eigenvalue weighted by Gasteiger charge is 2.14. The first-order valence-electron chi connectivity index (χ1n) is 29.8. The van der Waals surface area contributed by atoms with Crippen molar-refractivity contribution >= 4 is 36.5 Å². The van der Waals surface area contributed by atoms with E-state index in [-0.39, 0.29) is 0 Å². The van der Waals surface area contributed by atoms with Gasteiger partial charge in [-0.15, -0.1) is 0 Å². The molecule has 0 radical (unpaired) electrons. The predicted octanol–water partition coefficient (Wildman–Crippen LogP) is 22.0. The van der Waals surface area contributed by atoms with Crippen molar-refractivity contribution in [2.75, 3.05) is 19.8 Å². The van der Waals surface area contributed by atoms with Crippen LogP contribution in [-0.4, -0.2) is 19.8 Å². The van der Waals surface area contributed by atoms with Gasteiger partial charge < -0.3 is 14.2 Å². The van der Waals surface area contributed by atoms with Crippen LogP contribution in [0, 0.1) is 20.8 Å². The maximum Gasteiger partial charge on any atom is 0.119 e. The van der Waals surface area contributed by atoms with Crippen LogP contribution in [0.4, 0.5) is 0 Å². The van der Waals surface area contributed by atoms with Crippen molar-refractivity contribution in [3.8, 4) is 17.2 Å². The third-order valence-corrected chi connectivity index (χ3v) is 14.7. The van der Waals surface area contributed by atoms with Gasteiger partial charge in [0.2, 0.25) is 0 Å². The van der Waals surface area contributed by atoms with Gasteiger partial charge in [0.15, 0.2) is 0 Å². The maximum atomic E-state index is 6.16. The lowest BCUT2D eigenvalue weighted by molar-refractivity contribution is 0.304. The van der Waals surface area contributed by atoms with Crippen molar-refractivity contribution in [3.63, 3.8) is 0 Å². The van der Waals surface area contributed by atoms with Gasteiger partial charge in [0.05, 0.1) is 19.8 Å². The van der Waals surface area contributed by atoms with Crippen molar-refractivity contribution in [3.05, 3.63) is 123 Å². The Hall–Kier alpha value is -4.50. The number of rotatable bonds is 42. The van der Waals surface area contributed by atoms with Crippen LogP contribution in [-0.2, 0) is 0 Å². The summed E-state index contributed by atoms with van der Waals surface area (Å²) in [5, 5.41) is 0. The number of hydrogen-bond acceptors (Lipinski definition) is 3. The number of hydrogen-bond donors (Lipinski definition) is 0. The SMILES string of the molecule is CCCCCCCCCCCCOc1ccc(/C=C/c2c(C)c(/C=C/c3ccc(OCCCCCCCCCCCC)cc3)c(C)c(/C=C/c3ccc(OCCCCCCCCCCCC)cc3)c2C)cc1. The van der Waals surface area contributed by atoms with Gasteiger partial charge in [0, 0.05) is 0 Å². The maximum absolute atomic E-state index is 6.16. The molecule has 0 spiro atoms. The van der Waals surface area contributed by atoms with E-state index in [2.05, 4.69) is 151 Å². The van der Waals surface area contributed by atoms with Crippen molar-refractivity contribution in [1.82, 2.24) is 0 Å². The summed E-state index contributed by atoms with van der Waals surface area (Å²) in [6, 6.07) is 25.8. The lowest BCUT2D eigenvalue weighted by Crippen LogP contribution is -2.00. The Labute approximate surface area is 442 Å². The molecule has 4 rings (SSSR count). The molecule has 3 nitrogen and oxygen atoms in total. The minimum atomic E-state index is 0.786. The largest absolute Gasteiger partial charge is 0.494 e. The van der Waals surface area contributed by atoms with E-state index in [1.54, 1.807) is 0 Å². The van der Waals surface area contributed by atoms with Crippen molar-refractivity contribution < 1.29 is 14.2 Å². The molecule has 0 aliphatic carbocycles. The van der Waals surface area contributed by atoms with Gasteiger partial charge in [-0.25, -0.2) is 0 Å².